The van der Waals surface area contributed by atoms with Crippen molar-refractivity contribution in [3.05, 3.63) is 92.3 Å². The number of fused-ring (bicyclic) bond motifs is 1. The number of non-ortho nitro benzene ring substituents is 1. The number of nitrogens with zero attached hydrogens (tertiary/aromatic N) is 3. The average molecular weight is 474 g/mol. The topological polar surface area (TPSA) is 126 Å². The van der Waals surface area contributed by atoms with Crippen molar-refractivity contribution in [3.8, 4) is 22.8 Å². The zero-order valence-electron chi connectivity index (χ0n) is 19.3. The van der Waals surface area contributed by atoms with Gasteiger partial charge in [-0.2, -0.15) is 5.10 Å². The molecular weight excluding hydrogens is 452 g/mol. The Morgan fingerprint density at radius 2 is 1.71 bits per heavy atom. The van der Waals surface area contributed by atoms with Gasteiger partial charge in [0.05, 0.1) is 35.8 Å². The molecule has 1 amide bonds. The van der Waals surface area contributed by atoms with E-state index >= 15 is 0 Å². The van der Waals surface area contributed by atoms with Crippen LogP contribution in [-0.2, 0) is 13.6 Å². The summed E-state index contributed by atoms with van der Waals surface area (Å²) < 4.78 is 11.9. The molecule has 1 heterocycles. The first-order chi connectivity index (χ1) is 16.8. The van der Waals surface area contributed by atoms with Gasteiger partial charge >= 0.3 is 0 Å². The second-order valence-electron chi connectivity index (χ2n) is 7.67. The van der Waals surface area contributed by atoms with Gasteiger partial charge in [0.2, 0.25) is 0 Å². The van der Waals surface area contributed by atoms with E-state index in [9.17, 15) is 19.7 Å². The maximum Gasteiger partial charge on any atom is 0.274 e. The number of aromatic nitrogens is 2. The van der Waals surface area contributed by atoms with Crippen LogP contribution in [0.4, 0.5) is 5.69 Å². The number of benzene rings is 3. The quantitative estimate of drug-likeness (QED) is 0.321. The van der Waals surface area contributed by atoms with Crippen molar-refractivity contribution < 1.29 is 19.2 Å². The van der Waals surface area contributed by atoms with Crippen LogP contribution < -0.4 is 20.3 Å². The first-order valence-electron chi connectivity index (χ1n) is 10.6. The lowest BCUT2D eigenvalue weighted by atomic mass is 10.0. The summed E-state index contributed by atoms with van der Waals surface area (Å²) in [5.41, 5.74) is 1.62. The van der Waals surface area contributed by atoms with Crippen molar-refractivity contribution in [2.75, 3.05) is 14.2 Å². The van der Waals surface area contributed by atoms with Crippen LogP contribution in [0, 0.1) is 10.1 Å². The van der Waals surface area contributed by atoms with Crippen LogP contribution in [0.25, 0.3) is 22.0 Å². The van der Waals surface area contributed by atoms with Crippen LogP contribution in [0.15, 0.2) is 65.5 Å². The fourth-order valence-electron chi connectivity index (χ4n) is 3.83. The molecule has 0 bridgehead atoms. The second kappa shape index (κ2) is 9.64. The number of nitro benzene ring substituents is 1. The number of ether oxygens (including phenoxy) is 2. The number of amides is 1. The van der Waals surface area contributed by atoms with Gasteiger partial charge in [-0.3, -0.25) is 19.7 Å². The van der Waals surface area contributed by atoms with Crippen LogP contribution in [0.3, 0.4) is 0 Å². The van der Waals surface area contributed by atoms with Gasteiger partial charge in [0, 0.05) is 42.2 Å². The first kappa shape index (κ1) is 23.4. The molecule has 0 fully saturated rings. The lowest BCUT2D eigenvalue weighted by molar-refractivity contribution is -0.384. The van der Waals surface area contributed by atoms with E-state index in [0.29, 0.717) is 27.8 Å². The van der Waals surface area contributed by atoms with Crippen molar-refractivity contribution in [2.45, 2.75) is 6.54 Å². The van der Waals surface area contributed by atoms with E-state index in [1.54, 1.807) is 25.2 Å². The van der Waals surface area contributed by atoms with Crippen LogP contribution in [0.2, 0.25) is 0 Å². The molecule has 0 aliphatic rings. The Morgan fingerprint density at radius 1 is 1.03 bits per heavy atom. The fourth-order valence-corrected chi connectivity index (χ4v) is 3.83. The van der Waals surface area contributed by atoms with Crippen molar-refractivity contribution in [1.82, 2.24) is 15.1 Å². The van der Waals surface area contributed by atoms with Gasteiger partial charge in [-0.25, -0.2) is 4.68 Å². The predicted octanol–water partition coefficient (Wildman–Crippen LogP) is 3.46. The number of hydrogen-bond acceptors (Lipinski definition) is 7. The molecular formula is C25H22N4O6. The summed E-state index contributed by atoms with van der Waals surface area (Å²) in [4.78, 5) is 35.9. The molecule has 1 N–H and O–H groups in total. The van der Waals surface area contributed by atoms with Crippen molar-refractivity contribution >= 4 is 22.4 Å². The van der Waals surface area contributed by atoms with Gasteiger partial charge < -0.3 is 14.8 Å². The standard InChI is InChI=1S/C25H22N4O6/c1-28-25(31)19-7-5-4-6-18(19)23(27-28)15-8-10-21(34-2)16(12-15)14-26-24(30)20-13-17(29(32)33)9-11-22(20)35-3/h4-13H,14H2,1-3H3,(H,26,30). The minimum Gasteiger partial charge on any atom is -0.496 e. The van der Waals surface area contributed by atoms with Crippen LogP contribution >= 0.6 is 0 Å². The molecule has 4 rings (SSSR count). The Kier molecular flexibility index (Phi) is 6.45. The third kappa shape index (κ3) is 4.54. The first-order valence-corrected chi connectivity index (χ1v) is 10.6. The molecule has 0 radical (unpaired) electrons. The lowest BCUT2D eigenvalue weighted by Gasteiger charge is -2.14. The van der Waals surface area contributed by atoms with E-state index in [0.717, 1.165) is 5.56 Å². The number of aryl methyl sites for hydroxylation is 1. The third-order valence-electron chi connectivity index (χ3n) is 5.59. The summed E-state index contributed by atoms with van der Waals surface area (Å²) in [5, 5.41) is 19.6. The van der Waals surface area contributed by atoms with E-state index in [4.69, 9.17) is 9.47 Å². The van der Waals surface area contributed by atoms with E-state index in [2.05, 4.69) is 10.4 Å². The summed E-state index contributed by atoms with van der Waals surface area (Å²) >= 11 is 0. The molecule has 178 valence electrons. The molecule has 3 aromatic carbocycles. The molecule has 10 heteroatoms. The zero-order chi connectivity index (χ0) is 25.1. The fraction of sp³-hybridized carbons (Fsp3) is 0.160. The molecule has 0 unspecified atom stereocenters. The van der Waals surface area contributed by atoms with E-state index in [1.165, 1.54) is 37.1 Å². The Balaban J connectivity index is 1.69. The number of nitrogens with one attached hydrogen (secondary N) is 1. The number of nitro groups is 1. The SMILES string of the molecule is COc1ccc(-c2nn(C)c(=O)c3ccccc23)cc1CNC(=O)c1cc([N+](=O)[O-])ccc1OC. The van der Waals surface area contributed by atoms with Crippen molar-refractivity contribution in [2.24, 2.45) is 7.05 Å². The summed E-state index contributed by atoms with van der Waals surface area (Å²) in [6, 6.07) is 16.4. The number of carbonyl (C=O) groups excluding carboxylic acids is 1. The van der Waals surface area contributed by atoms with E-state index in [-0.39, 0.29) is 29.1 Å². The normalized spacial score (nSPS) is 10.7. The maximum absolute atomic E-state index is 12.9. The van der Waals surface area contributed by atoms with Gasteiger partial charge in [0.15, 0.2) is 0 Å². The maximum atomic E-state index is 12.9. The zero-order valence-corrected chi connectivity index (χ0v) is 19.3. The lowest BCUT2D eigenvalue weighted by Crippen LogP contribution is -2.24. The summed E-state index contributed by atoms with van der Waals surface area (Å²) in [5.74, 6) is 0.215. The molecule has 0 saturated heterocycles. The van der Waals surface area contributed by atoms with Gasteiger partial charge in [0.25, 0.3) is 17.2 Å². The largest absolute Gasteiger partial charge is 0.496 e. The number of rotatable bonds is 7. The molecule has 4 aromatic rings. The highest BCUT2D eigenvalue weighted by Gasteiger charge is 2.19. The predicted molar refractivity (Wildman–Crippen MR) is 130 cm³/mol. The minimum atomic E-state index is -0.576. The van der Waals surface area contributed by atoms with Crippen LogP contribution in [-0.4, -0.2) is 34.8 Å². The Bertz CT molecular complexity index is 1510. The monoisotopic (exact) mass is 474 g/mol. The highest BCUT2D eigenvalue weighted by Crippen LogP contribution is 2.30. The molecule has 0 saturated carbocycles. The Labute approximate surface area is 199 Å². The summed E-state index contributed by atoms with van der Waals surface area (Å²) in [6.45, 7) is 0.0748. The molecule has 0 aliphatic heterocycles. The van der Waals surface area contributed by atoms with Gasteiger partial charge in [0.1, 0.15) is 11.5 Å². The van der Waals surface area contributed by atoms with Gasteiger partial charge in [-0.1, -0.05) is 18.2 Å². The van der Waals surface area contributed by atoms with Crippen LogP contribution in [0.1, 0.15) is 15.9 Å². The van der Waals surface area contributed by atoms with Gasteiger partial charge in [-0.05, 0) is 30.3 Å². The van der Waals surface area contributed by atoms with Crippen molar-refractivity contribution in [1.29, 1.82) is 0 Å². The molecule has 35 heavy (non-hydrogen) atoms. The van der Waals surface area contributed by atoms with Crippen LogP contribution in [0.5, 0.6) is 11.5 Å². The number of methoxy groups -OCH3 is 2. The molecule has 0 atom stereocenters. The second-order valence-corrected chi connectivity index (χ2v) is 7.67. The number of carbonyl (C=O) groups is 1. The average Bonchev–Trinajstić information content (AvgIpc) is 2.88. The van der Waals surface area contributed by atoms with E-state index in [1.807, 2.05) is 24.3 Å². The summed E-state index contributed by atoms with van der Waals surface area (Å²) in [6.07, 6.45) is 0. The highest BCUT2D eigenvalue weighted by atomic mass is 16.6. The van der Waals surface area contributed by atoms with E-state index < -0.39 is 10.8 Å². The number of hydrogen-bond donors (Lipinski definition) is 1. The Hall–Kier alpha value is -4.73. The third-order valence-corrected chi connectivity index (χ3v) is 5.59. The highest BCUT2D eigenvalue weighted by molar-refractivity contribution is 5.97. The summed E-state index contributed by atoms with van der Waals surface area (Å²) in [7, 11) is 4.49. The van der Waals surface area contributed by atoms with Crippen molar-refractivity contribution in [3.63, 3.8) is 0 Å². The minimum absolute atomic E-state index is 0.0440. The molecule has 0 aliphatic carbocycles. The Morgan fingerprint density at radius 3 is 2.40 bits per heavy atom. The molecule has 10 nitrogen and oxygen atoms in total. The molecule has 1 aromatic heterocycles. The van der Waals surface area contributed by atoms with Gasteiger partial charge in [-0.15, -0.1) is 0 Å². The molecule has 0 spiro atoms. The smallest absolute Gasteiger partial charge is 0.274 e.